The molecular weight excluding hydrogens is 289 g/mol. The van der Waals surface area contributed by atoms with E-state index in [4.69, 9.17) is 0 Å². The molecule has 0 radical (unpaired) electrons. The number of aromatic nitrogens is 1. The molecule has 0 fully saturated rings. The van der Waals surface area contributed by atoms with Crippen LogP contribution in [0.25, 0.3) is 16.3 Å². The van der Waals surface area contributed by atoms with Gasteiger partial charge in [0, 0.05) is 11.4 Å². The number of hydrogen-bond donors (Lipinski definition) is 1. The van der Waals surface area contributed by atoms with Gasteiger partial charge in [-0.05, 0) is 42.6 Å². The predicted octanol–water partition coefficient (Wildman–Crippen LogP) is 4.35. The van der Waals surface area contributed by atoms with E-state index in [-0.39, 0.29) is 11.4 Å². The van der Waals surface area contributed by atoms with Crippen LogP contribution in [-0.4, -0.2) is 15.6 Å². The molecule has 0 spiro atoms. The lowest BCUT2D eigenvalue weighted by Gasteiger charge is -2.11. The fourth-order valence-corrected chi connectivity index (χ4v) is 3.11. The second-order valence-electron chi connectivity index (χ2n) is 4.63. The third-order valence-corrected chi connectivity index (χ3v) is 4.21. The minimum Gasteiger partial charge on any atom is -0.478 e. The largest absolute Gasteiger partial charge is 0.478 e. The fourth-order valence-electron chi connectivity index (χ4n) is 2.38. The quantitative estimate of drug-likeness (QED) is 0.781. The van der Waals surface area contributed by atoms with Crippen LogP contribution in [0.3, 0.4) is 0 Å². The first kappa shape index (κ1) is 13.6. The van der Waals surface area contributed by atoms with Gasteiger partial charge in [-0.2, -0.15) is 0 Å². The van der Waals surface area contributed by atoms with E-state index in [9.17, 15) is 14.3 Å². The molecule has 0 aliphatic heterocycles. The van der Waals surface area contributed by atoms with Crippen LogP contribution in [0.2, 0.25) is 0 Å². The van der Waals surface area contributed by atoms with Crippen LogP contribution in [0.5, 0.6) is 0 Å². The van der Waals surface area contributed by atoms with E-state index in [1.54, 1.807) is 29.7 Å². The number of carboxylic acids is 1. The maximum Gasteiger partial charge on any atom is 0.337 e. The zero-order chi connectivity index (χ0) is 15.0. The smallest absolute Gasteiger partial charge is 0.337 e. The van der Waals surface area contributed by atoms with Crippen LogP contribution < -0.4 is 0 Å². The van der Waals surface area contributed by atoms with Crippen molar-refractivity contribution in [2.45, 2.75) is 6.92 Å². The Morgan fingerprint density at radius 2 is 2.05 bits per heavy atom. The van der Waals surface area contributed by atoms with Crippen molar-refractivity contribution in [1.82, 2.24) is 4.57 Å². The topological polar surface area (TPSA) is 42.2 Å². The van der Waals surface area contributed by atoms with Crippen LogP contribution in [-0.2, 0) is 0 Å². The lowest BCUT2D eigenvalue weighted by Crippen LogP contribution is -2.02. The number of benzene rings is 1. The standard InChI is InChI=1S/C16H12FNO2S/c1-10-13(16(19)20)9-14(15-6-3-7-21-15)18(10)12-5-2-4-11(17)8-12/h2-9H,1H3,(H,19,20). The number of aromatic carboxylic acids is 1. The number of nitrogens with zero attached hydrogens (tertiary/aromatic N) is 1. The molecule has 1 aromatic carbocycles. The van der Waals surface area contributed by atoms with Crippen LogP contribution >= 0.6 is 11.3 Å². The monoisotopic (exact) mass is 301 g/mol. The van der Waals surface area contributed by atoms with E-state index in [2.05, 4.69) is 0 Å². The lowest BCUT2D eigenvalue weighted by atomic mass is 10.2. The second-order valence-corrected chi connectivity index (χ2v) is 5.57. The molecule has 21 heavy (non-hydrogen) atoms. The summed E-state index contributed by atoms with van der Waals surface area (Å²) in [6.45, 7) is 1.73. The molecule has 3 nitrogen and oxygen atoms in total. The van der Waals surface area contributed by atoms with Crippen molar-refractivity contribution in [3.8, 4) is 16.3 Å². The van der Waals surface area contributed by atoms with E-state index >= 15 is 0 Å². The summed E-state index contributed by atoms with van der Waals surface area (Å²) in [6, 6.07) is 11.6. The van der Waals surface area contributed by atoms with Gasteiger partial charge in [-0.25, -0.2) is 9.18 Å². The molecule has 1 N–H and O–H groups in total. The van der Waals surface area contributed by atoms with Crippen LogP contribution in [0, 0.1) is 12.7 Å². The highest BCUT2D eigenvalue weighted by Crippen LogP contribution is 2.32. The van der Waals surface area contributed by atoms with Crippen molar-refractivity contribution in [1.29, 1.82) is 0 Å². The van der Waals surface area contributed by atoms with Gasteiger partial charge in [0.2, 0.25) is 0 Å². The van der Waals surface area contributed by atoms with Crippen molar-refractivity contribution in [3.05, 3.63) is 64.9 Å². The van der Waals surface area contributed by atoms with Gasteiger partial charge in [-0.3, -0.25) is 0 Å². The first-order valence-corrected chi connectivity index (χ1v) is 7.21. The van der Waals surface area contributed by atoms with Crippen molar-refractivity contribution >= 4 is 17.3 Å². The molecule has 0 saturated heterocycles. The van der Waals surface area contributed by atoms with Crippen LogP contribution in [0.4, 0.5) is 4.39 Å². The molecule has 2 aromatic heterocycles. The Morgan fingerprint density at radius 1 is 1.24 bits per heavy atom. The highest BCUT2D eigenvalue weighted by molar-refractivity contribution is 7.13. The summed E-state index contributed by atoms with van der Waals surface area (Å²) in [6.07, 6.45) is 0. The van der Waals surface area contributed by atoms with Crippen molar-refractivity contribution in [3.63, 3.8) is 0 Å². The molecule has 0 atom stereocenters. The second kappa shape index (κ2) is 5.18. The highest BCUT2D eigenvalue weighted by Gasteiger charge is 2.19. The maximum atomic E-state index is 13.5. The van der Waals surface area contributed by atoms with E-state index in [1.165, 1.54) is 23.5 Å². The zero-order valence-corrected chi connectivity index (χ0v) is 12.0. The Hall–Kier alpha value is -2.40. The van der Waals surface area contributed by atoms with E-state index in [0.717, 1.165) is 10.6 Å². The molecule has 0 amide bonds. The molecule has 3 aromatic rings. The summed E-state index contributed by atoms with van der Waals surface area (Å²) in [5, 5.41) is 11.2. The third kappa shape index (κ3) is 2.36. The third-order valence-electron chi connectivity index (χ3n) is 3.32. The number of hydrogen-bond acceptors (Lipinski definition) is 2. The SMILES string of the molecule is Cc1c(C(=O)O)cc(-c2cccs2)n1-c1cccc(F)c1. The molecule has 0 aliphatic carbocycles. The number of thiophene rings is 1. The van der Waals surface area contributed by atoms with Crippen molar-refractivity contribution in [2.75, 3.05) is 0 Å². The molecule has 0 aliphatic rings. The van der Waals surface area contributed by atoms with Gasteiger partial charge >= 0.3 is 5.97 Å². The number of carboxylic acid groups (broad SMARTS) is 1. The van der Waals surface area contributed by atoms with E-state index in [1.807, 2.05) is 17.5 Å². The van der Waals surface area contributed by atoms with Crippen LogP contribution in [0.15, 0.2) is 47.8 Å². The molecule has 106 valence electrons. The summed E-state index contributed by atoms with van der Waals surface area (Å²) >= 11 is 1.52. The molecule has 3 rings (SSSR count). The lowest BCUT2D eigenvalue weighted by molar-refractivity contribution is 0.0696. The fraction of sp³-hybridized carbons (Fsp3) is 0.0625. The van der Waals surface area contributed by atoms with Gasteiger partial charge in [0.25, 0.3) is 0 Å². The summed E-state index contributed by atoms with van der Waals surface area (Å²) in [5.74, 6) is -1.34. The van der Waals surface area contributed by atoms with E-state index in [0.29, 0.717) is 11.4 Å². The molecule has 5 heteroatoms. The molecular formula is C16H12FNO2S. The number of carbonyl (C=O) groups is 1. The first-order chi connectivity index (χ1) is 10.1. The summed E-state index contributed by atoms with van der Waals surface area (Å²) in [7, 11) is 0. The Labute approximate surface area is 124 Å². The molecule has 0 bridgehead atoms. The maximum absolute atomic E-state index is 13.5. The minimum absolute atomic E-state index is 0.225. The van der Waals surface area contributed by atoms with Gasteiger partial charge in [0.15, 0.2) is 0 Å². The minimum atomic E-state index is -0.986. The summed E-state index contributed by atoms with van der Waals surface area (Å²) in [4.78, 5) is 12.3. The highest BCUT2D eigenvalue weighted by atomic mass is 32.1. The van der Waals surface area contributed by atoms with Gasteiger partial charge in [-0.1, -0.05) is 12.1 Å². The van der Waals surface area contributed by atoms with Crippen molar-refractivity contribution in [2.24, 2.45) is 0 Å². The van der Waals surface area contributed by atoms with Crippen molar-refractivity contribution < 1.29 is 14.3 Å². The number of rotatable bonds is 3. The zero-order valence-electron chi connectivity index (χ0n) is 11.2. The molecule has 0 saturated carbocycles. The Bertz CT molecular complexity index is 806. The molecule has 2 heterocycles. The average molecular weight is 301 g/mol. The molecule has 0 unspecified atom stereocenters. The van der Waals surface area contributed by atoms with E-state index < -0.39 is 5.97 Å². The average Bonchev–Trinajstić information content (AvgIpc) is 3.05. The Morgan fingerprint density at radius 3 is 2.67 bits per heavy atom. The van der Waals surface area contributed by atoms with Gasteiger partial charge in [0.1, 0.15) is 5.82 Å². The Balaban J connectivity index is 2.29. The summed E-state index contributed by atoms with van der Waals surface area (Å²) < 4.78 is 15.3. The first-order valence-electron chi connectivity index (χ1n) is 6.33. The number of halogens is 1. The van der Waals surface area contributed by atoms with Gasteiger partial charge < -0.3 is 9.67 Å². The predicted molar refractivity (Wildman–Crippen MR) is 80.7 cm³/mol. The Kier molecular flexibility index (Phi) is 3.35. The van der Waals surface area contributed by atoms with Gasteiger partial charge in [-0.15, -0.1) is 11.3 Å². The summed E-state index contributed by atoms with van der Waals surface area (Å²) in [5.41, 5.74) is 2.17. The van der Waals surface area contributed by atoms with Crippen LogP contribution in [0.1, 0.15) is 16.1 Å². The van der Waals surface area contributed by atoms with Gasteiger partial charge in [0.05, 0.1) is 16.1 Å². The normalized spacial score (nSPS) is 10.8.